The highest BCUT2D eigenvalue weighted by atomic mass is 35.5. The molecule has 118 valence electrons. The molecule has 0 aromatic heterocycles. The van der Waals surface area contributed by atoms with Gasteiger partial charge in [0.25, 0.3) is 0 Å². The van der Waals surface area contributed by atoms with Crippen molar-refractivity contribution in [1.29, 1.82) is 0 Å². The van der Waals surface area contributed by atoms with Gasteiger partial charge in [-0.3, -0.25) is 0 Å². The molecule has 4 heteroatoms. The minimum atomic E-state index is 0.00107. The van der Waals surface area contributed by atoms with Gasteiger partial charge >= 0.3 is 0 Å². The molecule has 0 saturated carbocycles. The van der Waals surface area contributed by atoms with Crippen LogP contribution in [-0.2, 0) is 0 Å². The van der Waals surface area contributed by atoms with Gasteiger partial charge < -0.3 is 16.0 Å². The lowest BCUT2D eigenvalue weighted by Gasteiger charge is -2.34. The normalized spacial score (nSPS) is 23.8. The van der Waals surface area contributed by atoms with Crippen LogP contribution in [0.25, 0.3) is 0 Å². The Balaban J connectivity index is 2.08. The fraction of sp³-hybridized carbons (Fsp3) is 0.647. The maximum Gasteiger partial charge on any atom is 0.0508 e. The van der Waals surface area contributed by atoms with Crippen molar-refractivity contribution in [2.45, 2.75) is 45.1 Å². The summed E-state index contributed by atoms with van der Waals surface area (Å²) in [7, 11) is 0. The molecule has 0 amide bonds. The lowest BCUT2D eigenvalue weighted by molar-refractivity contribution is 0.279. The zero-order valence-electron chi connectivity index (χ0n) is 13.3. The summed E-state index contributed by atoms with van der Waals surface area (Å²) < 4.78 is 0. The number of nitrogens with one attached hydrogen (secondary N) is 1. The highest BCUT2D eigenvalue weighted by Gasteiger charge is 2.31. The number of aryl methyl sites for hydroxylation is 1. The molecule has 2 rings (SSSR count). The molecule has 1 unspecified atom stereocenters. The van der Waals surface area contributed by atoms with Crippen LogP contribution in [0.15, 0.2) is 18.2 Å². The molecule has 0 radical (unpaired) electrons. The number of hydrogen-bond donors (Lipinski definition) is 2. The van der Waals surface area contributed by atoms with Crippen molar-refractivity contribution in [2.75, 3.05) is 31.5 Å². The van der Waals surface area contributed by atoms with Crippen LogP contribution in [0.2, 0.25) is 5.02 Å². The van der Waals surface area contributed by atoms with Crippen LogP contribution in [0.4, 0.5) is 5.69 Å². The van der Waals surface area contributed by atoms with E-state index < -0.39 is 0 Å². The maximum atomic E-state index is 6.24. The van der Waals surface area contributed by atoms with E-state index in [2.05, 4.69) is 29.3 Å². The average Bonchev–Trinajstić information content (AvgIpc) is 2.67. The summed E-state index contributed by atoms with van der Waals surface area (Å²) in [5, 5.41) is 4.49. The van der Waals surface area contributed by atoms with Gasteiger partial charge in [0.2, 0.25) is 0 Å². The maximum absolute atomic E-state index is 6.24. The van der Waals surface area contributed by atoms with Crippen molar-refractivity contribution < 1.29 is 0 Å². The molecule has 1 aliphatic rings. The van der Waals surface area contributed by atoms with Gasteiger partial charge in [0.1, 0.15) is 0 Å². The van der Waals surface area contributed by atoms with Gasteiger partial charge in [-0.25, -0.2) is 0 Å². The zero-order valence-corrected chi connectivity index (χ0v) is 14.0. The number of hydrogen-bond acceptors (Lipinski definition) is 3. The highest BCUT2D eigenvalue weighted by molar-refractivity contribution is 6.31. The quantitative estimate of drug-likeness (QED) is 0.872. The van der Waals surface area contributed by atoms with Gasteiger partial charge in [-0.05, 0) is 63.4 Å². The Labute approximate surface area is 133 Å². The molecule has 1 aliphatic heterocycles. The average molecular weight is 310 g/mol. The van der Waals surface area contributed by atoms with Crippen LogP contribution in [0, 0.1) is 6.92 Å². The van der Waals surface area contributed by atoms with E-state index in [1.54, 1.807) is 0 Å². The Bertz CT molecular complexity index is 463. The largest absolute Gasteiger partial charge is 0.378 e. The van der Waals surface area contributed by atoms with Crippen molar-refractivity contribution in [2.24, 2.45) is 5.73 Å². The Morgan fingerprint density at radius 2 is 2.14 bits per heavy atom. The van der Waals surface area contributed by atoms with E-state index in [9.17, 15) is 0 Å². The van der Waals surface area contributed by atoms with E-state index >= 15 is 0 Å². The summed E-state index contributed by atoms with van der Waals surface area (Å²) in [6, 6.07) is 6.19. The van der Waals surface area contributed by atoms with Crippen molar-refractivity contribution in [3.63, 3.8) is 0 Å². The first-order valence-electron chi connectivity index (χ1n) is 8.05. The lowest BCUT2D eigenvalue weighted by Crippen LogP contribution is -2.46. The van der Waals surface area contributed by atoms with Gasteiger partial charge in [-0.1, -0.05) is 24.6 Å². The number of nitrogens with two attached hydrogens (primary N) is 1. The summed E-state index contributed by atoms with van der Waals surface area (Å²) in [4.78, 5) is 2.56. The third-order valence-corrected chi connectivity index (χ3v) is 4.96. The second kappa shape index (κ2) is 7.48. The number of anilines is 1. The smallest absolute Gasteiger partial charge is 0.0508 e. The SMILES string of the molecule is CCCN1CCCC(CN)(Nc2ccc(C)c(Cl)c2)CC1. The van der Waals surface area contributed by atoms with Crippen LogP contribution in [-0.4, -0.2) is 36.6 Å². The van der Waals surface area contributed by atoms with Gasteiger partial charge in [0.15, 0.2) is 0 Å². The summed E-state index contributed by atoms with van der Waals surface area (Å²) in [5.74, 6) is 0. The van der Waals surface area contributed by atoms with E-state index in [1.165, 1.54) is 25.9 Å². The summed E-state index contributed by atoms with van der Waals surface area (Å²) in [6.45, 7) is 8.44. The topological polar surface area (TPSA) is 41.3 Å². The van der Waals surface area contributed by atoms with Crippen molar-refractivity contribution in [1.82, 2.24) is 4.90 Å². The molecule has 3 N–H and O–H groups in total. The van der Waals surface area contributed by atoms with E-state index in [1.807, 2.05) is 13.0 Å². The number of rotatable bonds is 5. The summed E-state index contributed by atoms with van der Waals surface area (Å²) in [6.07, 6.45) is 4.63. The summed E-state index contributed by atoms with van der Waals surface area (Å²) >= 11 is 6.24. The Kier molecular flexibility index (Phi) is 5.91. The first-order chi connectivity index (χ1) is 10.1. The molecule has 1 aromatic rings. The molecule has 1 fully saturated rings. The Morgan fingerprint density at radius 1 is 1.33 bits per heavy atom. The molecule has 1 aromatic carbocycles. The molecular weight excluding hydrogens is 282 g/mol. The summed E-state index contributed by atoms with van der Waals surface area (Å²) in [5.41, 5.74) is 8.32. The third-order valence-electron chi connectivity index (χ3n) is 4.55. The van der Waals surface area contributed by atoms with Crippen LogP contribution in [0.1, 0.15) is 38.2 Å². The standard InChI is InChI=1S/C17H28ClN3/c1-3-9-21-10-4-7-17(13-19,8-11-21)20-15-6-5-14(2)16(18)12-15/h5-6,12,20H,3-4,7-11,13,19H2,1-2H3. The number of likely N-dealkylation sites (tertiary alicyclic amines) is 1. The predicted molar refractivity (Wildman–Crippen MR) is 92.2 cm³/mol. The fourth-order valence-electron chi connectivity index (χ4n) is 3.15. The van der Waals surface area contributed by atoms with E-state index in [0.717, 1.165) is 35.7 Å². The van der Waals surface area contributed by atoms with Crippen molar-refractivity contribution in [3.8, 4) is 0 Å². The van der Waals surface area contributed by atoms with E-state index in [0.29, 0.717) is 6.54 Å². The molecule has 0 bridgehead atoms. The monoisotopic (exact) mass is 309 g/mol. The van der Waals surface area contributed by atoms with Gasteiger partial charge in [-0.2, -0.15) is 0 Å². The van der Waals surface area contributed by atoms with Crippen LogP contribution < -0.4 is 11.1 Å². The third kappa shape index (κ3) is 4.35. The molecule has 1 atom stereocenters. The first kappa shape index (κ1) is 16.6. The second-order valence-corrected chi connectivity index (χ2v) is 6.68. The lowest BCUT2D eigenvalue weighted by atomic mass is 9.90. The van der Waals surface area contributed by atoms with Crippen LogP contribution >= 0.6 is 11.6 Å². The number of benzene rings is 1. The van der Waals surface area contributed by atoms with Gasteiger partial charge in [-0.15, -0.1) is 0 Å². The van der Waals surface area contributed by atoms with Crippen LogP contribution in [0.3, 0.4) is 0 Å². The molecular formula is C17H28ClN3. The second-order valence-electron chi connectivity index (χ2n) is 6.27. The van der Waals surface area contributed by atoms with Gasteiger partial charge in [0, 0.05) is 23.8 Å². The molecule has 3 nitrogen and oxygen atoms in total. The molecule has 0 aliphatic carbocycles. The van der Waals surface area contributed by atoms with Crippen molar-refractivity contribution >= 4 is 17.3 Å². The Hall–Kier alpha value is -0.770. The minimum Gasteiger partial charge on any atom is -0.378 e. The van der Waals surface area contributed by atoms with Crippen LogP contribution in [0.5, 0.6) is 0 Å². The first-order valence-corrected chi connectivity index (χ1v) is 8.43. The predicted octanol–water partition coefficient (Wildman–Crippen LogP) is 3.65. The molecule has 1 heterocycles. The Morgan fingerprint density at radius 3 is 2.81 bits per heavy atom. The highest BCUT2D eigenvalue weighted by Crippen LogP contribution is 2.28. The number of halogens is 1. The molecule has 21 heavy (non-hydrogen) atoms. The fourth-order valence-corrected chi connectivity index (χ4v) is 3.33. The molecule has 0 spiro atoms. The minimum absolute atomic E-state index is 0.00107. The van der Waals surface area contributed by atoms with Gasteiger partial charge in [0.05, 0.1) is 5.54 Å². The molecule has 1 saturated heterocycles. The zero-order chi connectivity index (χ0) is 15.3. The van der Waals surface area contributed by atoms with E-state index in [-0.39, 0.29) is 5.54 Å². The van der Waals surface area contributed by atoms with Crippen molar-refractivity contribution in [3.05, 3.63) is 28.8 Å². The van der Waals surface area contributed by atoms with E-state index in [4.69, 9.17) is 17.3 Å². The number of nitrogens with zero attached hydrogens (tertiary/aromatic N) is 1.